The van der Waals surface area contributed by atoms with Crippen molar-refractivity contribution in [3.8, 4) is 11.5 Å². The number of aldehydes is 1. The number of halogens is 9. The normalized spacial score (nSPS) is 21.5. The van der Waals surface area contributed by atoms with Gasteiger partial charge in [0.25, 0.3) is 23.6 Å². The van der Waals surface area contributed by atoms with Gasteiger partial charge in [-0.1, -0.05) is 30.3 Å². The van der Waals surface area contributed by atoms with Gasteiger partial charge < -0.3 is 39.4 Å². The number of nitrogens with zero attached hydrogens (tertiary/aromatic N) is 4. The third kappa shape index (κ3) is 10.1. The van der Waals surface area contributed by atoms with Crippen molar-refractivity contribution in [2.45, 2.75) is 102 Å². The summed E-state index contributed by atoms with van der Waals surface area (Å²) in [5, 5.41) is 15.0. The fraction of sp³-hybridized carbons (Fsp3) is 0.353. The predicted octanol–water partition coefficient (Wildman–Crippen LogP) is 6.44. The minimum absolute atomic E-state index is 0.00289. The summed E-state index contributed by atoms with van der Waals surface area (Å²) in [6, 6.07) is 11.2. The van der Waals surface area contributed by atoms with Gasteiger partial charge in [0.15, 0.2) is 22.9 Å². The standard InChI is InChI=1S/C28H24F3N3O4.C21H18F3N3O4.C2HF3O/c29-17-9-21(30)19(22(31)10-17)11-32-27(36)20-12-33-13-23-16-6-7-18(8-16)34(23)28(37)24(33)26(25(20)35)38-14-15-4-2-1-3-5-15;22-10-4-14(23)12(15(24)5-10)6-25-20(30)13-7-26-8-16-9-1-2-11(3-9)27(16)21(31)17(26)19(29)18(13)28;3-2(4,5)1-6/h1-5,9-10,12,16,18,23H,6-8,11,13-14H2,(H,32,36);4-5,7,9,11,16,29H,1-3,6,8H2,(H,25,30);1H/t16-,18+,23+;9-,11+,16+;/m11./s1. The van der Waals surface area contributed by atoms with Crippen LogP contribution in [0.3, 0.4) is 0 Å². The van der Waals surface area contributed by atoms with Crippen LogP contribution in [0.1, 0.15) is 96.9 Å². The molecule has 0 spiro atoms. The van der Waals surface area contributed by atoms with E-state index in [2.05, 4.69) is 10.6 Å². The number of fused-ring (bicyclic) bond motifs is 12. The molecule has 4 amide bonds. The number of rotatable bonds is 9. The van der Waals surface area contributed by atoms with Crippen molar-refractivity contribution < 1.29 is 73.3 Å². The van der Waals surface area contributed by atoms with E-state index in [1.165, 1.54) is 17.0 Å². The van der Waals surface area contributed by atoms with Crippen LogP contribution in [0.15, 0.2) is 76.6 Å². The molecule has 5 aromatic rings. The van der Waals surface area contributed by atoms with Gasteiger partial charge in [-0.15, -0.1) is 0 Å². The zero-order chi connectivity index (χ0) is 53.8. The number of nitrogens with one attached hydrogen (secondary N) is 2. The number of ether oxygens (including phenoxy) is 1. The first-order valence-corrected chi connectivity index (χ1v) is 23.6. The van der Waals surface area contributed by atoms with Gasteiger partial charge in [-0.3, -0.25) is 33.6 Å². The van der Waals surface area contributed by atoms with E-state index in [0.29, 0.717) is 49.2 Å². The summed E-state index contributed by atoms with van der Waals surface area (Å²) >= 11 is 0. The Hall–Kier alpha value is -7.92. The first-order valence-electron chi connectivity index (χ1n) is 23.6. The van der Waals surface area contributed by atoms with Gasteiger partial charge in [0.2, 0.25) is 17.1 Å². The summed E-state index contributed by atoms with van der Waals surface area (Å²) in [5.41, 5.74) is -2.98. The Morgan fingerprint density at radius 3 is 1.53 bits per heavy atom. The van der Waals surface area contributed by atoms with Crippen molar-refractivity contribution >= 4 is 29.9 Å². The molecule has 2 saturated heterocycles. The zero-order valence-corrected chi connectivity index (χ0v) is 39.1. The van der Waals surface area contributed by atoms with Crippen LogP contribution < -0.4 is 26.2 Å². The molecular weight excluding hydrogens is 1010 g/mol. The zero-order valence-electron chi connectivity index (χ0n) is 39.1. The van der Waals surface area contributed by atoms with Crippen LogP contribution in [-0.2, 0) is 37.6 Å². The summed E-state index contributed by atoms with van der Waals surface area (Å²) in [7, 11) is 0. The molecule has 6 atom stereocenters. The monoisotopic (exact) mass is 1050 g/mol. The van der Waals surface area contributed by atoms with Crippen LogP contribution >= 0.6 is 0 Å². The van der Waals surface area contributed by atoms with E-state index in [1.54, 1.807) is 9.47 Å². The Kier molecular flexibility index (Phi) is 14.1. The molecule has 2 saturated carbocycles. The number of amides is 4. The van der Waals surface area contributed by atoms with Crippen LogP contribution in [-0.4, -0.2) is 84.3 Å². The Bertz CT molecular complexity index is 3230. The molecule has 6 heterocycles. The SMILES string of the molecule is O=C(NCc1c(F)cc(F)cc1F)c1cn2c(c(O)c1=O)C(=O)N1[C@H]3CC[C@H](C3)[C@@H]1C2.O=C(NCc1c(F)cc(F)cc1F)c1cn2c(c(OCc3ccccc3)c1=O)C(=O)N1[C@H]3CC[C@H](C3)[C@@H]1C2.O=CC(F)(F)F. The number of pyridine rings is 2. The van der Waals surface area contributed by atoms with Crippen LogP contribution in [0.25, 0.3) is 0 Å². The number of carbonyl (C=O) groups is 5. The highest BCUT2D eigenvalue weighted by atomic mass is 19.4. The molecule has 2 aliphatic carbocycles. The van der Waals surface area contributed by atoms with Crippen LogP contribution in [0.5, 0.6) is 11.5 Å². The van der Waals surface area contributed by atoms with E-state index in [1.807, 2.05) is 35.2 Å². The summed E-state index contributed by atoms with van der Waals surface area (Å²) in [6.45, 7) is -0.471. The number of benzene rings is 3. The van der Waals surface area contributed by atoms with Crippen molar-refractivity contribution in [2.75, 3.05) is 0 Å². The Morgan fingerprint density at radius 1 is 0.653 bits per heavy atom. The molecule has 11 rings (SSSR count). The Morgan fingerprint density at radius 2 is 1.08 bits per heavy atom. The summed E-state index contributed by atoms with van der Waals surface area (Å²) in [5.74, 6) is -9.78. The maximum atomic E-state index is 14.1. The third-order valence-corrected chi connectivity index (χ3v) is 14.5. The topological polar surface area (TPSA) is 189 Å². The number of piperidine rings is 2. The predicted molar refractivity (Wildman–Crippen MR) is 243 cm³/mol. The van der Waals surface area contributed by atoms with Gasteiger partial charge in [-0.2, -0.15) is 13.2 Å². The van der Waals surface area contributed by atoms with E-state index >= 15 is 0 Å². The van der Waals surface area contributed by atoms with Gasteiger partial charge in [0.05, 0.1) is 12.1 Å². The van der Waals surface area contributed by atoms with E-state index in [4.69, 9.17) is 9.53 Å². The fourth-order valence-corrected chi connectivity index (χ4v) is 11.2. The molecule has 75 heavy (non-hydrogen) atoms. The number of hydrogen-bond acceptors (Lipinski definition) is 9. The molecule has 0 unspecified atom stereocenters. The molecular formula is C51H43F9N6O9. The van der Waals surface area contributed by atoms with Gasteiger partial charge in [0, 0.05) is 86.0 Å². The van der Waals surface area contributed by atoms with Crippen molar-refractivity contribution in [1.29, 1.82) is 0 Å². The maximum absolute atomic E-state index is 14.1. The molecule has 6 aliphatic rings. The first-order chi connectivity index (χ1) is 35.6. The molecule has 4 aliphatic heterocycles. The largest absolute Gasteiger partial charge is 0.503 e. The molecule has 2 aromatic heterocycles. The number of carbonyl (C=O) groups excluding carboxylic acids is 5. The molecule has 15 nitrogen and oxygen atoms in total. The number of hydrogen-bond donors (Lipinski definition) is 3. The minimum atomic E-state index is -4.64. The second kappa shape index (κ2) is 20.4. The number of alkyl halides is 3. The molecule has 4 fully saturated rings. The van der Waals surface area contributed by atoms with Gasteiger partial charge >= 0.3 is 6.18 Å². The van der Waals surface area contributed by atoms with Crippen molar-refractivity contribution in [3.63, 3.8) is 0 Å². The average Bonchev–Trinajstić information content (AvgIpc) is 4.21. The molecule has 3 N–H and O–H groups in total. The Labute approximate surface area is 418 Å². The van der Waals surface area contributed by atoms with Crippen LogP contribution in [0, 0.1) is 46.7 Å². The highest BCUT2D eigenvalue weighted by Crippen LogP contribution is 2.47. The average molecular weight is 1050 g/mol. The van der Waals surface area contributed by atoms with Crippen molar-refractivity contribution in [3.05, 3.63) is 162 Å². The lowest BCUT2D eigenvalue weighted by atomic mass is 9.95. The van der Waals surface area contributed by atoms with E-state index in [0.717, 1.165) is 44.1 Å². The summed E-state index contributed by atoms with van der Waals surface area (Å²) in [6.07, 6.45) is 2.47. The van der Waals surface area contributed by atoms with Gasteiger partial charge in [-0.05, 0) is 55.9 Å². The summed E-state index contributed by atoms with van der Waals surface area (Å²) < 4.78 is 122. The van der Waals surface area contributed by atoms with E-state index in [-0.39, 0.29) is 59.4 Å². The molecule has 24 heteroatoms. The Balaban J connectivity index is 0.000000168. The second-order valence-corrected chi connectivity index (χ2v) is 18.9. The van der Waals surface area contributed by atoms with E-state index < -0.39 is 111 Å². The number of aromatic nitrogens is 2. The molecule has 4 bridgehead atoms. The molecule has 394 valence electrons. The highest BCUT2D eigenvalue weighted by Gasteiger charge is 2.53. The van der Waals surface area contributed by atoms with Crippen LogP contribution in [0.2, 0.25) is 0 Å². The molecule has 3 aromatic carbocycles. The smallest absolute Gasteiger partial charge is 0.446 e. The second-order valence-electron chi connectivity index (χ2n) is 18.9. The lowest BCUT2D eigenvalue weighted by Gasteiger charge is -2.40. The van der Waals surface area contributed by atoms with E-state index in [9.17, 15) is 73.4 Å². The van der Waals surface area contributed by atoms with Crippen molar-refractivity contribution in [2.24, 2.45) is 11.8 Å². The molecule has 0 radical (unpaired) electrons. The quantitative estimate of drug-likeness (QED) is 0.110. The number of aromatic hydroxyl groups is 1. The van der Waals surface area contributed by atoms with Gasteiger partial charge in [-0.25, -0.2) is 26.3 Å². The highest BCUT2D eigenvalue weighted by molar-refractivity contribution is 6.00. The third-order valence-electron chi connectivity index (χ3n) is 14.5. The summed E-state index contributed by atoms with van der Waals surface area (Å²) in [4.78, 5) is 90.6. The lowest BCUT2D eigenvalue weighted by Crippen LogP contribution is -2.52. The maximum Gasteiger partial charge on any atom is 0.446 e. The minimum Gasteiger partial charge on any atom is -0.503 e. The van der Waals surface area contributed by atoms with Crippen molar-refractivity contribution in [1.82, 2.24) is 29.6 Å². The fourth-order valence-electron chi connectivity index (χ4n) is 11.2. The lowest BCUT2D eigenvalue weighted by molar-refractivity contribution is -0.156. The van der Waals surface area contributed by atoms with Crippen LogP contribution in [0.4, 0.5) is 39.5 Å². The first kappa shape index (κ1) is 52.0. The van der Waals surface area contributed by atoms with Gasteiger partial charge in [0.1, 0.15) is 52.6 Å².